The van der Waals surface area contributed by atoms with Gasteiger partial charge in [-0.05, 0) is 31.7 Å². The van der Waals surface area contributed by atoms with Crippen molar-refractivity contribution in [3.8, 4) is 0 Å². The van der Waals surface area contributed by atoms with Crippen molar-refractivity contribution in [3.63, 3.8) is 0 Å². The molecule has 0 bridgehead atoms. The first-order valence-electron chi connectivity index (χ1n) is 14.6. The third-order valence-electron chi connectivity index (χ3n) is 6.54. The number of methoxy groups -OCH3 is 1. The van der Waals surface area contributed by atoms with Crippen molar-refractivity contribution in [1.82, 2.24) is 0 Å². The number of carboxylic acids is 1. The molecule has 210 valence electrons. The topological polar surface area (TPSA) is 63.6 Å². The predicted octanol–water partition coefficient (Wildman–Crippen LogP) is 9.63. The van der Waals surface area contributed by atoms with Gasteiger partial charge in [-0.25, -0.2) is 9.59 Å². The summed E-state index contributed by atoms with van der Waals surface area (Å²) in [5, 5.41) is 7.89. The average molecular weight is 515 g/mol. The highest BCUT2D eigenvalue weighted by molar-refractivity contribution is 5.88. The van der Waals surface area contributed by atoms with Crippen molar-refractivity contribution in [2.24, 2.45) is 0 Å². The second-order valence-corrected chi connectivity index (χ2v) is 10.0. The van der Waals surface area contributed by atoms with Gasteiger partial charge < -0.3 is 9.84 Å². The molecule has 0 aliphatic rings. The molecule has 1 aromatic rings. The molecule has 0 atom stereocenters. The molecule has 0 heterocycles. The van der Waals surface area contributed by atoms with Crippen LogP contribution in [0.1, 0.15) is 129 Å². The van der Waals surface area contributed by atoms with Gasteiger partial charge in [-0.1, -0.05) is 146 Å². The minimum atomic E-state index is -0.935. The number of allylic oxidation sites excluding steroid dienone is 1. The van der Waals surface area contributed by atoms with Crippen LogP contribution in [0.3, 0.4) is 0 Å². The molecule has 0 saturated carbocycles. The lowest BCUT2D eigenvalue weighted by Gasteiger charge is -2.07. The fourth-order valence-corrected chi connectivity index (χ4v) is 4.14. The summed E-state index contributed by atoms with van der Waals surface area (Å²) >= 11 is 0. The molecule has 0 unspecified atom stereocenters. The van der Waals surface area contributed by atoms with E-state index in [1.54, 1.807) is 0 Å². The van der Waals surface area contributed by atoms with Gasteiger partial charge in [-0.3, -0.25) is 0 Å². The van der Waals surface area contributed by atoms with Gasteiger partial charge in [0.05, 0.1) is 7.11 Å². The third-order valence-corrected chi connectivity index (χ3v) is 6.54. The fraction of sp³-hybridized carbons (Fsp3) is 0.636. The first kappa shape index (κ1) is 34.6. The quantitative estimate of drug-likeness (QED) is 0.101. The van der Waals surface area contributed by atoms with Crippen molar-refractivity contribution >= 4 is 11.9 Å². The Morgan fingerprint density at radius 1 is 0.784 bits per heavy atom. The largest absolute Gasteiger partial charge is 0.478 e. The van der Waals surface area contributed by atoms with E-state index in [0.29, 0.717) is 0 Å². The second kappa shape index (κ2) is 25.3. The third kappa shape index (κ3) is 22.6. The maximum absolute atomic E-state index is 12.0. The molecule has 0 amide bonds. The lowest BCUT2D eigenvalue weighted by atomic mass is 10.0. The lowest BCUT2D eigenvalue weighted by Crippen LogP contribution is -2.05. The molecular formula is C33H54O4. The Bertz CT molecular complexity index is 724. The van der Waals surface area contributed by atoms with Crippen molar-refractivity contribution in [2.75, 3.05) is 7.11 Å². The van der Waals surface area contributed by atoms with Gasteiger partial charge in [0.15, 0.2) is 0 Å². The van der Waals surface area contributed by atoms with Gasteiger partial charge in [0, 0.05) is 11.1 Å². The number of rotatable bonds is 21. The van der Waals surface area contributed by atoms with Crippen molar-refractivity contribution < 1.29 is 19.4 Å². The summed E-state index contributed by atoms with van der Waals surface area (Å²) in [5.74, 6) is -1.10. The van der Waals surface area contributed by atoms with Crippen LogP contribution >= 0.6 is 0 Å². The van der Waals surface area contributed by atoms with Gasteiger partial charge in [-0.15, -0.1) is 0 Å². The maximum Gasteiger partial charge on any atom is 0.333 e. The van der Waals surface area contributed by atoms with E-state index in [0.717, 1.165) is 24.8 Å². The molecule has 1 N–H and O–H groups in total. The van der Waals surface area contributed by atoms with Crippen LogP contribution in [0.5, 0.6) is 0 Å². The molecule has 37 heavy (non-hydrogen) atoms. The molecule has 0 saturated heterocycles. The highest BCUT2D eigenvalue weighted by Gasteiger charge is 2.09. The highest BCUT2D eigenvalue weighted by Crippen LogP contribution is 2.16. The van der Waals surface area contributed by atoms with Gasteiger partial charge in [0.25, 0.3) is 0 Å². The predicted molar refractivity (Wildman–Crippen MR) is 157 cm³/mol. The number of benzene rings is 1. The van der Waals surface area contributed by atoms with Crippen LogP contribution in [0.4, 0.5) is 0 Å². The molecule has 0 aromatic heterocycles. The van der Waals surface area contributed by atoms with Crippen molar-refractivity contribution in [2.45, 2.75) is 129 Å². The van der Waals surface area contributed by atoms with Crippen molar-refractivity contribution in [1.29, 1.82) is 0 Å². The Morgan fingerprint density at radius 3 is 1.57 bits per heavy atom. The summed E-state index contributed by atoms with van der Waals surface area (Å²) < 4.78 is 4.97. The smallest absolute Gasteiger partial charge is 0.333 e. The van der Waals surface area contributed by atoms with Crippen LogP contribution in [0, 0.1) is 0 Å². The van der Waals surface area contributed by atoms with Crippen molar-refractivity contribution in [3.05, 3.63) is 59.7 Å². The van der Waals surface area contributed by atoms with E-state index in [2.05, 4.69) is 25.6 Å². The normalized spacial score (nSPS) is 10.9. The van der Waals surface area contributed by atoms with Gasteiger partial charge >= 0.3 is 11.9 Å². The number of ether oxygens (including phenoxy) is 1. The Morgan fingerprint density at radius 2 is 1.19 bits per heavy atom. The zero-order valence-corrected chi connectivity index (χ0v) is 24.1. The number of hydrogen-bond donors (Lipinski definition) is 1. The maximum atomic E-state index is 12.0. The summed E-state index contributed by atoms with van der Waals surface area (Å²) in [6.07, 6.45) is 25.5. The van der Waals surface area contributed by atoms with Crippen LogP contribution in [0.15, 0.2) is 54.1 Å². The van der Waals surface area contributed by atoms with Crippen LogP contribution in [-0.2, 0) is 20.7 Å². The van der Waals surface area contributed by atoms with E-state index in [9.17, 15) is 9.59 Å². The number of carbonyl (C=O) groups is 2. The van der Waals surface area contributed by atoms with E-state index >= 15 is 0 Å². The summed E-state index contributed by atoms with van der Waals surface area (Å²) in [6.45, 7) is 6.89. The Balaban J connectivity index is 0.00000192. The lowest BCUT2D eigenvalue weighted by molar-refractivity contribution is -0.136. The number of carboxylic acid groups (broad SMARTS) is 1. The van der Waals surface area contributed by atoms with Crippen LogP contribution in [0.2, 0.25) is 0 Å². The number of aliphatic carboxylic acids is 1. The number of carbonyl (C=O) groups excluding carboxylic acids is 1. The first-order chi connectivity index (χ1) is 17.9. The fourth-order valence-electron chi connectivity index (χ4n) is 4.14. The van der Waals surface area contributed by atoms with E-state index in [1.807, 2.05) is 24.3 Å². The Labute approximate surface area is 227 Å². The summed E-state index contributed by atoms with van der Waals surface area (Å²) in [6, 6.07) is 10.3. The standard InChI is InChI=1S/C29H48O2.C4H6O2/c1-3-4-5-6-7-8-9-10-11-12-13-14-15-16-17-21-24-28(29(30)31-2)26-25-27-22-19-18-20-23-27;1-3(2)4(5)6/h18-20,22-23,26H,3-17,21,24-25H2,1-2H3;1H2,2H3,(H,5,6). The molecule has 1 rings (SSSR count). The molecule has 0 aliphatic carbocycles. The minimum absolute atomic E-state index is 0.170. The molecule has 0 fully saturated rings. The Hall–Kier alpha value is -2.36. The number of unbranched alkanes of at least 4 members (excludes halogenated alkanes) is 15. The van der Waals surface area contributed by atoms with Crippen LogP contribution in [-0.4, -0.2) is 24.2 Å². The summed E-state index contributed by atoms with van der Waals surface area (Å²) in [4.78, 5) is 21.6. The van der Waals surface area contributed by atoms with Gasteiger partial charge in [0.2, 0.25) is 0 Å². The molecular weight excluding hydrogens is 460 g/mol. The van der Waals surface area contributed by atoms with Crippen LogP contribution in [0.25, 0.3) is 0 Å². The van der Waals surface area contributed by atoms with E-state index in [-0.39, 0.29) is 11.5 Å². The number of hydrogen-bond acceptors (Lipinski definition) is 3. The zero-order chi connectivity index (χ0) is 27.6. The highest BCUT2D eigenvalue weighted by atomic mass is 16.5. The van der Waals surface area contributed by atoms with E-state index in [4.69, 9.17) is 9.84 Å². The first-order valence-corrected chi connectivity index (χ1v) is 14.6. The van der Waals surface area contributed by atoms with Gasteiger partial charge in [0.1, 0.15) is 0 Å². The minimum Gasteiger partial charge on any atom is -0.478 e. The van der Waals surface area contributed by atoms with E-state index < -0.39 is 5.97 Å². The van der Waals surface area contributed by atoms with Crippen LogP contribution < -0.4 is 0 Å². The monoisotopic (exact) mass is 514 g/mol. The Kier molecular flexibility index (Phi) is 23.7. The molecule has 1 aromatic carbocycles. The summed E-state index contributed by atoms with van der Waals surface area (Å²) in [7, 11) is 1.48. The molecule has 0 aliphatic heterocycles. The SMILES string of the molecule is C=C(C)C(=O)O.CCCCCCCCCCCCCCCCCCC(=CCc1ccccc1)C(=O)OC. The zero-order valence-electron chi connectivity index (χ0n) is 24.1. The molecule has 4 nitrogen and oxygen atoms in total. The summed E-state index contributed by atoms with van der Waals surface area (Å²) in [5.41, 5.74) is 2.24. The molecule has 0 radical (unpaired) electrons. The molecule has 0 spiro atoms. The second-order valence-electron chi connectivity index (χ2n) is 10.0. The molecule has 4 heteroatoms. The number of esters is 1. The average Bonchev–Trinajstić information content (AvgIpc) is 2.90. The van der Waals surface area contributed by atoms with E-state index in [1.165, 1.54) is 116 Å². The van der Waals surface area contributed by atoms with Gasteiger partial charge in [-0.2, -0.15) is 0 Å².